The van der Waals surface area contributed by atoms with E-state index >= 15 is 0 Å². The van der Waals surface area contributed by atoms with Crippen LogP contribution in [0.5, 0.6) is 0 Å². The average Bonchev–Trinajstić information content (AvgIpc) is 3.25. The van der Waals surface area contributed by atoms with Gasteiger partial charge in [-0.05, 0) is 30.7 Å². The van der Waals surface area contributed by atoms with Crippen LogP contribution in [0.15, 0.2) is 41.5 Å². The second kappa shape index (κ2) is 11.9. The van der Waals surface area contributed by atoms with Crippen LogP contribution in [0.25, 0.3) is 0 Å². The van der Waals surface area contributed by atoms with Gasteiger partial charge in [-0.2, -0.15) is 5.10 Å². The van der Waals surface area contributed by atoms with E-state index in [1.54, 1.807) is 0 Å². The Hall–Kier alpha value is -1.61. The Morgan fingerprint density at radius 2 is 2.00 bits per heavy atom. The van der Waals surface area contributed by atoms with E-state index in [4.69, 9.17) is 0 Å². The van der Waals surface area contributed by atoms with Crippen molar-refractivity contribution >= 4 is 29.9 Å². The molecule has 7 heteroatoms. The van der Waals surface area contributed by atoms with Crippen LogP contribution in [0.3, 0.4) is 0 Å². The first kappa shape index (κ1) is 25.6. The third-order valence-corrected chi connectivity index (χ3v) is 6.03. The molecule has 3 rings (SSSR count). The third-order valence-electron chi connectivity index (χ3n) is 6.03. The minimum atomic E-state index is 0. The van der Waals surface area contributed by atoms with E-state index in [-0.39, 0.29) is 24.0 Å². The zero-order chi connectivity index (χ0) is 21.7. The molecule has 1 N–H and O–H groups in total. The van der Waals surface area contributed by atoms with E-state index in [1.807, 2.05) is 18.8 Å². The summed E-state index contributed by atoms with van der Waals surface area (Å²) in [5.41, 5.74) is 3.83. The Kier molecular flexibility index (Phi) is 9.81. The Labute approximate surface area is 205 Å². The second-order valence-corrected chi connectivity index (χ2v) is 9.02. The second-order valence-electron chi connectivity index (χ2n) is 9.02. The Morgan fingerprint density at radius 3 is 2.65 bits per heavy atom. The smallest absolute Gasteiger partial charge is 0.193 e. The molecule has 0 bridgehead atoms. The number of aryl methyl sites for hydroxylation is 1. The molecule has 1 aliphatic heterocycles. The van der Waals surface area contributed by atoms with Crippen LogP contribution < -0.4 is 5.32 Å². The van der Waals surface area contributed by atoms with E-state index in [1.165, 1.54) is 23.2 Å². The predicted octanol–water partition coefficient (Wildman–Crippen LogP) is 4.08. The number of halogens is 1. The lowest BCUT2D eigenvalue weighted by molar-refractivity contribution is 0.255. The average molecular weight is 539 g/mol. The summed E-state index contributed by atoms with van der Waals surface area (Å²) >= 11 is 0. The number of guanidine groups is 1. The van der Waals surface area contributed by atoms with Crippen molar-refractivity contribution in [1.82, 2.24) is 24.9 Å². The van der Waals surface area contributed by atoms with E-state index in [9.17, 15) is 0 Å². The van der Waals surface area contributed by atoms with Gasteiger partial charge in [0.05, 0.1) is 5.69 Å². The summed E-state index contributed by atoms with van der Waals surface area (Å²) in [5.74, 6) is 2.00. The molecular weight excluding hydrogens is 499 g/mol. The van der Waals surface area contributed by atoms with Crippen LogP contribution in [0, 0.1) is 5.92 Å². The van der Waals surface area contributed by atoms with E-state index in [0.29, 0.717) is 17.9 Å². The standard InChI is InChI=1S/C24H38N6.HI/c1-18(2)23-22(17-29(6)27-23)16-28(5)24(25-4)26-13-21-12-19(3)30(15-21)14-20-10-8-7-9-11-20;/h7-11,17-19,21H,12-16H2,1-6H3,(H,25,26);1H. The number of aliphatic imine (C=N–C) groups is 1. The molecule has 2 unspecified atom stereocenters. The van der Waals surface area contributed by atoms with E-state index in [0.717, 1.165) is 32.1 Å². The lowest BCUT2D eigenvalue weighted by atomic mass is 10.1. The first-order valence-corrected chi connectivity index (χ1v) is 11.1. The van der Waals surface area contributed by atoms with Crippen LogP contribution in [-0.4, -0.2) is 58.8 Å². The number of nitrogens with zero attached hydrogens (tertiary/aromatic N) is 5. The normalized spacial score (nSPS) is 19.5. The molecule has 1 aromatic carbocycles. The van der Waals surface area contributed by atoms with Gasteiger partial charge in [0.2, 0.25) is 0 Å². The van der Waals surface area contributed by atoms with Gasteiger partial charge in [0.15, 0.2) is 5.96 Å². The van der Waals surface area contributed by atoms with Crippen molar-refractivity contribution in [3.05, 3.63) is 53.3 Å². The Morgan fingerprint density at radius 1 is 1.29 bits per heavy atom. The fourth-order valence-corrected chi connectivity index (χ4v) is 4.52. The zero-order valence-corrected chi connectivity index (χ0v) is 22.2. The number of likely N-dealkylation sites (tertiary alicyclic amines) is 1. The van der Waals surface area contributed by atoms with Crippen molar-refractivity contribution < 1.29 is 0 Å². The molecule has 0 aliphatic carbocycles. The first-order valence-electron chi connectivity index (χ1n) is 11.1. The molecule has 31 heavy (non-hydrogen) atoms. The quantitative estimate of drug-likeness (QED) is 0.328. The van der Waals surface area contributed by atoms with E-state index < -0.39 is 0 Å². The Bertz CT molecular complexity index is 832. The number of nitrogens with one attached hydrogen (secondary N) is 1. The molecule has 2 aromatic rings. The predicted molar refractivity (Wildman–Crippen MR) is 140 cm³/mol. The highest BCUT2D eigenvalue weighted by Gasteiger charge is 2.29. The summed E-state index contributed by atoms with van der Waals surface area (Å²) in [6.45, 7) is 10.7. The van der Waals surface area contributed by atoms with Crippen molar-refractivity contribution in [3.8, 4) is 0 Å². The third kappa shape index (κ3) is 6.94. The van der Waals surface area contributed by atoms with Gasteiger partial charge >= 0.3 is 0 Å². The summed E-state index contributed by atoms with van der Waals surface area (Å²) in [4.78, 5) is 9.32. The fourth-order valence-electron chi connectivity index (χ4n) is 4.52. The maximum atomic E-state index is 4.63. The van der Waals surface area contributed by atoms with Gasteiger partial charge in [-0.25, -0.2) is 0 Å². The largest absolute Gasteiger partial charge is 0.356 e. The van der Waals surface area contributed by atoms with Gasteiger partial charge in [-0.1, -0.05) is 44.2 Å². The number of hydrogen-bond donors (Lipinski definition) is 1. The lowest BCUT2D eigenvalue weighted by Crippen LogP contribution is -2.41. The van der Waals surface area contributed by atoms with Crippen molar-refractivity contribution in [3.63, 3.8) is 0 Å². The highest BCUT2D eigenvalue weighted by atomic mass is 127. The zero-order valence-electron chi connectivity index (χ0n) is 19.9. The molecular formula is C24H39IN6. The molecule has 1 fully saturated rings. The van der Waals surface area contributed by atoms with Crippen molar-refractivity contribution in [2.45, 2.75) is 52.2 Å². The highest BCUT2D eigenvalue weighted by molar-refractivity contribution is 14.0. The lowest BCUT2D eigenvalue weighted by Gasteiger charge is -2.24. The summed E-state index contributed by atoms with van der Waals surface area (Å²) in [6, 6.07) is 11.4. The minimum absolute atomic E-state index is 0. The summed E-state index contributed by atoms with van der Waals surface area (Å²) < 4.78 is 1.91. The van der Waals surface area contributed by atoms with Crippen molar-refractivity contribution in [1.29, 1.82) is 0 Å². The number of aromatic nitrogens is 2. The van der Waals surface area contributed by atoms with Crippen LogP contribution >= 0.6 is 24.0 Å². The molecule has 0 spiro atoms. The molecule has 0 amide bonds. The van der Waals surface area contributed by atoms with Gasteiger partial charge < -0.3 is 10.2 Å². The maximum Gasteiger partial charge on any atom is 0.193 e. The van der Waals surface area contributed by atoms with Gasteiger partial charge in [0.1, 0.15) is 0 Å². The molecule has 1 saturated heterocycles. The van der Waals surface area contributed by atoms with E-state index in [2.05, 4.69) is 89.6 Å². The summed E-state index contributed by atoms with van der Waals surface area (Å²) in [5, 5.41) is 8.25. The van der Waals surface area contributed by atoms with Gasteiger partial charge in [0.25, 0.3) is 0 Å². The number of benzene rings is 1. The SMILES string of the molecule is CN=C(NCC1CC(C)N(Cc2ccccc2)C1)N(C)Cc1cn(C)nc1C(C)C.I. The molecule has 172 valence electrons. The van der Waals surface area contributed by atoms with Crippen molar-refractivity contribution in [2.24, 2.45) is 18.0 Å². The van der Waals surface area contributed by atoms with Gasteiger partial charge in [-0.3, -0.25) is 14.6 Å². The van der Waals surface area contributed by atoms with Crippen LogP contribution in [0.2, 0.25) is 0 Å². The summed E-state index contributed by atoms with van der Waals surface area (Å²) in [6.07, 6.45) is 3.35. The molecule has 0 radical (unpaired) electrons. The van der Waals surface area contributed by atoms with Crippen LogP contribution in [-0.2, 0) is 20.1 Å². The van der Waals surface area contributed by atoms with Crippen LogP contribution in [0.4, 0.5) is 0 Å². The Balaban J connectivity index is 0.00000341. The maximum absolute atomic E-state index is 4.63. The minimum Gasteiger partial charge on any atom is -0.356 e. The molecule has 2 heterocycles. The molecule has 1 aliphatic rings. The summed E-state index contributed by atoms with van der Waals surface area (Å²) in [7, 11) is 5.96. The van der Waals surface area contributed by atoms with Gasteiger partial charge in [0, 0.05) is 65.1 Å². The fraction of sp³-hybridized carbons (Fsp3) is 0.583. The monoisotopic (exact) mass is 538 g/mol. The topological polar surface area (TPSA) is 48.7 Å². The van der Waals surface area contributed by atoms with Crippen LogP contribution in [0.1, 0.15) is 49.9 Å². The molecule has 1 aromatic heterocycles. The number of rotatable bonds is 7. The van der Waals surface area contributed by atoms with Crippen molar-refractivity contribution in [2.75, 3.05) is 27.2 Å². The number of hydrogen-bond acceptors (Lipinski definition) is 3. The molecule has 2 atom stereocenters. The molecule has 0 saturated carbocycles. The highest BCUT2D eigenvalue weighted by Crippen LogP contribution is 2.24. The first-order chi connectivity index (χ1) is 14.4. The molecule has 6 nitrogen and oxygen atoms in total. The van der Waals surface area contributed by atoms with Gasteiger partial charge in [-0.15, -0.1) is 24.0 Å².